The van der Waals surface area contributed by atoms with Crippen LogP contribution in [-0.2, 0) is 33.3 Å². The van der Waals surface area contributed by atoms with Gasteiger partial charge in [-0.3, -0.25) is 4.79 Å². The normalized spacial score (nSPS) is 41.8. The molecular formula is C30H38BrNO9. The van der Waals surface area contributed by atoms with E-state index in [9.17, 15) is 19.5 Å². The Balaban J connectivity index is 1.55. The van der Waals surface area contributed by atoms with Gasteiger partial charge in [0.05, 0.1) is 6.10 Å². The van der Waals surface area contributed by atoms with Crippen molar-refractivity contribution in [3.8, 4) is 0 Å². The monoisotopic (exact) mass is 635 g/mol. The van der Waals surface area contributed by atoms with Crippen molar-refractivity contribution in [3.63, 3.8) is 0 Å². The molecule has 224 valence electrons. The molecule has 2 aliphatic carbocycles. The van der Waals surface area contributed by atoms with Crippen LogP contribution in [0.1, 0.15) is 44.6 Å². The number of rotatable bonds is 6. The minimum Gasteiger partial charge on any atom is -0.458 e. The summed E-state index contributed by atoms with van der Waals surface area (Å²) in [7, 11) is 1.45. The minimum absolute atomic E-state index is 0.0169. The first-order valence-electron chi connectivity index (χ1n) is 14.1. The lowest BCUT2D eigenvalue weighted by Crippen LogP contribution is -2.57. The Labute approximate surface area is 247 Å². The summed E-state index contributed by atoms with van der Waals surface area (Å²) in [6, 6.07) is 3.36. The number of cyclic esters (lactones) is 1. The van der Waals surface area contributed by atoms with E-state index in [0.29, 0.717) is 5.69 Å². The van der Waals surface area contributed by atoms with E-state index in [2.05, 4.69) is 20.9 Å². The predicted octanol–water partition coefficient (Wildman–Crippen LogP) is 3.35. The number of methoxy groups -OCH3 is 1. The summed E-state index contributed by atoms with van der Waals surface area (Å²) in [5, 5.41) is 11.8. The van der Waals surface area contributed by atoms with E-state index in [-0.39, 0.29) is 35.4 Å². The Hall–Kier alpha value is -2.47. The maximum Gasteiger partial charge on any atom is 0.355 e. The first-order valence-corrected chi connectivity index (χ1v) is 15.2. The lowest BCUT2D eigenvalue weighted by molar-refractivity contribution is -0.178. The highest BCUT2D eigenvalue weighted by atomic mass is 79.9. The van der Waals surface area contributed by atoms with Gasteiger partial charge in [-0.25, -0.2) is 9.59 Å². The summed E-state index contributed by atoms with van der Waals surface area (Å²) in [4.78, 5) is 41.2. The SMILES string of the molecule is CO[C@H]1C[C@H]2C=C[C@H]3[C@H]4O[C@]2(/C(C)=C/[C@@H](C)[C@@H](C(C)OC(=O)CBr)OC1=O)[C@@H]3[C@H](O)[C@@H](C)[C@H]4OC(=O)c1ccc[nH]1. The van der Waals surface area contributed by atoms with Crippen molar-refractivity contribution < 1.29 is 43.2 Å². The van der Waals surface area contributed by atoms with Gasteiger partial charge in [-0.05, 0) is 38.0 Å². The smallest absolute Gasteiger partial charge is 0.355 e. The van der Waals surface area contributed by atoms with E-state index in [1.807, 2.05) is 39.0 Å². The number of H-pyrrole nitrogens is 1. The largest absolute Gasteiger partial charge is 0.458 e. The predicted molar refractivity (Wildman–Crippen MR) is 150 cm³/mol. The maximum absolute atomic E-state index is 13.4. The number of aromatic nitrogens is 1. The number of ether oxygens (including phenoxy) is 5. The third-order valence-corrected chi connectivity index (χ3v) is 9.81. The van der Waals surface area contributed by atoms with Crippen LogP contribution in [0.25, 0.3) is 0 Å². The van der Waals surface area contributed by atoms with Crippen LogP contribution in [-0.4, -0.2) is 82.7 Å². The van der Waals surface area contributed by atoms with Gasteiger partial charge in [0.15, 0.2) is 6.10 Å². The van der Waals surface area contributed by atoms with Crippen LogP contribution in [0.5, 0.6) is 0 Å². The van der Waals surface area contributed by atoms with Gasteiger partial charge in [0, 0.05) is 42.9 Å². The molecule has 1 saturated heterocycles. The molecular weight excluding hydrogens is 598 g/mol. The van der Waals surface area contributed by atoms with Gasteiger partial charge >= 0.3 is 17.9 Å². The number of carbonyl (C=O) groups excluding carboxylic acids is 3. The van der Waals surface area contributed by atoms with Gasteiger partial charge in [0.2, 0.25) is 0 Å². The number of nitrogens with one attached hydrogen (secondary N) is 1. The second kappa shape index (κ2) is 11.7. The van der Waals surface area contributed by atoms with Crippen molar-refractivity contribution in [2.75, 3.05) is 12.4 Å². The van der Waals surface area contributed by atoms with E-state index in [1.54, 1.807) is 25.3 Å². The first-order chi connectivity index (χ1) is 19.5. The third-order valence-electron chi connectivity index (χ3n) is 9.35. The number of hydrogen-bond acceptors (Lipinski definition) is 9. The third kappa shape index (κ3) is 5.08. The Bertz CT molecular complexity index is 1210. The van der Waals surface area contributed by atoms with Crippen molar-refractivity contribution in [1.82, 2.24) is 4.98 Å². The van der Waals surface area contributed by atoms with E-state index >= 15 is 0 Å². The summed E-state index contributed by atoms with van der Waals surface area (Å²) in [5.41, 5.74) is 0.220. The number of esters is 3. The quantitative estimate of drug-likeness (QED) is 0.209. The van der Waals surface area contributed by atoms with E-state index in [4.69, 9.17) is 23.7 Å². The zero-order chi connectivity index (χ0) is 29.6. The second-order valence-corrected chi connectivity index (χ2v) is 12.2. The zero-order valence-corrected chi connectivity index (χ0v) is 25.4. The van der Waals surface area contributed by atoms with Crippen LogP contribution in [0.15, 0.2) is 42.1 Å². The molecule has 0 radical (unpaired) electrons. The molecule has 2 N–H and O–H groups in total. The molecule has 0 amide bonds. The van der Waals surface area contributed by atoms with Gasteiger partial charge in [-0.15, -0.1) is 0 Å². The molecule has 0 aromatic carbocycles. The van der Waals surface area contributed by atoms with Gasteiger partial charge in [-0.2, -0.15) is 0 Å². The number of halogens is 1. The molecule has 2 aliphatic heterocycles. The van der Waals surface area contributed by atoms with Crippen LogP contribution in [0, 0.1) is 29.6 Å². The number of alkyl halides is 1. The van der Waals surface area contributed by atoms with Gasteiger partial charge < -0.3 is 33.8 Å². The molecule has 1 saturated carbocycles. The van der Waals surface area contributed by atoms with Crippen molar-refractivity contribution in [2.24, 2.45) is 29.6 Å². The lowest BCUT2D eigenvalue weighted by atomic mass is 9.57. The van der Waals surface area contributed by atoms with Gasteiger partial charge in [-0.1, -0.05) is 48.0 Å². The van der Waals surface area contributed by atoms with Crippen LogP contribution >= 0.6 is 15.9 Å². The fourth-order valence-electron chi connectivity index (χ4n) is 7.44. The molecule has 2 fully saturated rings. The average Bonchev–Trinajstić information content (AvgIpc) is 3.55. The molecule has 41 heavy (non-hydrogen) atoms. The summed E-state index contributed by atoms with van der Waals surface area (Å²) in [6.45, 7) is 7.44. The van der Waals surface area contributed by atoms with Gasteiger partial charge in [0.25, 0.3) is 0 Å². The van der Waals surface area contributed by atoms with Crippen molar-refractivity contribution in [3.05, 3.63) is 47.8 Å². The molecule has 1 spiro atoms. The average molecular weight is 637 g/mol. The van der Waals surface area contributed by atoms with Crippen molar-refractivity contribution >= 4 is 33.8 Å². The van der Waals surface area contributed by atoms with Crippen molar-refractivity contribution in [2.45, 2.75) is 76.3 Å². The lowest BCUT2D eigenvalue weighted by Gasteiger charge is -2.48. The highest BCUT2D eigenvalue weighted by Crippen LogP contribution is 2.61. The molecule has 4 aliphatic rings. The van der Waals surface area contributed by atoms with Crippen molar-refractivity contribution in [1.29, 1.82) is 0 Å². The number of carbonyl (C=O) groups is 3. The van der Waals surface area contributed by atoms with E-state index in [1.165, 1.54) is 7.11 Å². The number of aromatic amines is 1. The fourth-order valence-corrected chi connectivity index (χ4v) is 7.57. The minimum atomic E-state index is -0.978. The Morgan fingerprint density at radius 2 is 2.05 bits per heavy atom. The maximum atomic E-state index is 13.4. The van der Waals surface area contributed by atoms with Crippen LogP contribution in [0.2, 0.25) is 0 Å². The standard InChI is InChI=1S/C30H38BrNO9/c1-14-11-15(2)30-18(12-21(37-5)29(36)39-25(14)17(4)38-22(33)13-31)8-9-19-23(30)24(34)16(3)26(27(19)41-30)40-28(35)20-7-6-10-32-20/h6-11,14,16-19,21,23-27,32,34H,12-13H2,1-5H3/b15-11+/t14-,16-,17?,18-,19-,21+,23+,24-,25+,26-,27-,30+/m1/s1. The molecule has 12 atom stereocenters. The molecule has 4 bridgehead atoms. The summed E-state index contributed by atoms with van der Waals surface area (Å²) in [6.07, 6.45) is 3.50. The molecule has 1 aromatic rings. The summed E-state index contributed by atoms with van der Waals surface area (Å²) in [5.74, 6) is -3.17. The Kier molecular flexibility index (Phi) is 8.53. The van der Waals surface area contributed by atoms with Gasteiger partial charge in [0.1, 0.15) is 41.0 Å². The highest BCUT2D eigenvalue weighted by molar-refractivity contribution is 9.09. The topological polar surface area (TPSA) is 133 Å². The van der Waals surface area contributed by atoms with Crippen LogP contribution < -0.4 is 0 Å². The number of aliphatic hydroxyl groups is 1. The van der Waals surface area contributed by atoms with E-state index < -0.39 is 66.1 Å². The molecule has 10 nitrogen and oxygen atoms in total. The Morgan fingerprint density at radius 3 is 2.71 bits per heavy atom. The van der Waals surface area contributed by atoms with E-state index in [0.717, 1.165) is 5.57 Å². The molecule has 11 heteroatoms. The molecule has 1 aromatic heterocycles. The highest BCUT2D eigenvalue weighted by Gasteiger charge is 2.69. The number of aliphatic hydroxyl groups excluding tert-OH is 1. The summed E-state index contributed by atoms with van der Waals surface area (Å²) >= 11 is 3.11. The molecule has 5 rings (SSSR count). The second-order valence-electron chi connectivity index (χ2n) is 11.7. The molecule has 3 heterocycles. The number of hydrogen-bond donors (Lipinski definition) is 2. The summed E-state index contributed by atoms with van der Waals surface area (Å²) < 4.78 is 30.0. The Morgan fingerprint density at radius 1 is 1.29 bits per heavy atom. The zero-order valence-electron chi connectivity index (χ0n) is 23.8. The van der Waals surface area contributed by atoms with Crippen LogP contribution in [0.4, 0.5) is 0 Å². The molecule has 1 unspecified atom stereocenters. The fraction of sp³-hybridized carbons (Fsp3) is 0.633. The first kappa shape index (κ1) is 30.0. The van der Waals surface area contributed by atoms with Crippen LogP contribution in [0.3, 0.4) is 0 Å².